The molecule has 0 aromatic carbocycles. The first-order valence-electron chi connectivity index (χ1n) is 2.44. The monoisotopic (exact) mass is 203 g/mol. The highest BCUT2D eigenvalue weighted by molar-refractivity contribution is 8.93. The van der Waals surface area contributed by atoms with E-state index >= 15 is 0 Å². The maximum absolute atomic E-state index is 10.2. The lowest BCUT2D eigenvalue weighted by Gasteiger charge is -1.87. The zero-order chi connectivity index (χ0) is 6.69. The van der Waals surface area contributed by atoms with Crippen LogP contribution in [-0.2, 0) is 0 Å². The smallest absolute Gasteiger partial charge is 0.335 e. The zero-order valence-corrected chi connectivity index (χ0v) is 6.73. The third kappa shape index (κ3) is 2.14. The largest absolute Gasteiger partial charge is 0.478 e. The predicted octanol–water partition coefficient (Wildman–Crippen LogP) is 1.36. The summed E-state index contributed by atoms with van der Waals surface area (Å²) in [6.07, 6.45) is 2.90. The highest BCUT2D eigenvalue weighted by Crippen LogP contribution is 1.93. The maximum atomic E-state index is 10.2. The van der Waals surface area contributed by atoms with Gasteiger partial charge in [-0.05, 0) is 12.1 Å². The molecule has 0 fully saturated rings. The van der Waals surface area contributed by atoms with Crippen molar-refractivity contribution in [3.63, 3.8) is 0 Å². The predicted molar refractivity (Wildman–Crippen MR) is 41.5 cm³/mol. The Balaban J connectivity index is 0.000000810. The van der Waals surface area contributed by atoms with Crippen LogP contribution in [0.5, 0.6) is 0 Å². The number of pyridine rings is 1. The van der Waals surface area contributed by atoms with Crippen molar-refractivity contribution < 1.29 is 9.90 Å². The van der Waals surface area contributed by atoms with E-state index in [1.54, 1.807) is 0 Å². The molecular weight excluding hydrogens is 198 g/mol. The number of carbonyl (C=O) groups is 1. The first kappa shape index (κ1) is 9.10. The van der Waals surface area contributed by atoms with Crippen molar-refractivity contribution in [3.8, 4) is 0 Å². The van der Waals surface area contributed by atoms with Gasteiger partial charge in [0, 0.05) is 12.4 Å². The second-order valence-corrected chi connectivity index (χ2v) is 1.54. The highest BCUT2D eigenvalue weighted by Gasteiger charge is 1.97. The van der Waals surface area contributed by atoms with Crippen LogP contribution in [0.3, 0.4) is 0 Å². The van der Waals surface area contributed by atoms with Crippen LogP contribution < -0.4 is 0 Å². The average molecular weight is 204 g/mol. The normalized spacial score (nSPS) is 8.00. The van der Waals surface area contributed by atoms with Crippen molar-refractivity contribution in [2.24, 2.45) is 0 Å². The highest BCUT2D eigenvalue weighted by atomic mass is 79.9. The molecular formula is C6H6BrNO2. The zero-order valence-electron chi connectivity index (χ0n) is 5.02. The van der Waals surface area contributed by atoms with Gasteiger partial charge in [0.25, 0.3) is 0 Å². The lowest BCUT2D eigenvalue weighted by atomic mass is 10.3. The molecule has 0 bridgehead atoms. The molecule has 0 aliphatic rings. The van der Waals surface area contributed by atoms with Crippen molar-refractivity contribution in [1.29, 1.82) is 0 Å². The van der Waals surface area contributed by atoms with E-state index in [1.807, 2.05) is 0 Å². The molecule has 1 heterocycles. The molecule has 3 nitrogen and oxygen atoms in total. The second-order valence-electron chi connectivity index (χ2n) is 1.54. The molecule has 1 aromatic heterocycles. The Labute approximate surface area is 68.5 Å². The first-order valence-corrected chi connectivity index (χ1v) is 2.44. The van der Waals surface area contributed by atoms with Crippen LogP contribution in [0.1, 0.15) is 10.4 Å². The summed E-state index contributed by atoms with van der Waals surface area (Å²) in [5.41, 5.74) is 0.269. The fourth-order valence-electron chi connectivity index (χ4n) is 0.494. The fraction of sp³-hybridized carbons (Fsp3) is 0. The van der Waals surface area contributed by atoms with Gasteiger partial charge in [-0.1, -0.05) is 0 Å². The molecule has 4 heteroatoms. The van der Waals surface area contributed by atoms with E-state index in [2.05, 4.69) is 4.98 Å². The Bertz CT molecular complexity index is 212. The molecule has 1 aromatic rings. The second kappa shape index (κ2) is 4.00. The Morgan fingerprint density at radius 1 is 1.40 bits per heavy atom. The first-order chi connectivity index (χ1) is 4.30. The molecule has 0 atom stereocenters. The van der Waals surface area contributed by atoms with E-state index in [0.717, 1.165) is 0 Å². The Kier molecular flexibility index (Phi) is 3.64. The van der Waals surface area contributed by atoms with Gasteiger partial charge in [-0.3, -0.25) is 4.98 Å². The number of rotatable bonds is 1. The van der Waals surface area contributed by atoms with E-state index in [0.29, 0.717) is 0 Å². The molecule has 0 amide bonds. The number of carboxylic acids is 1. The van der Waals surface area contributed by atoms with Crippen LogP contribution in [0, 0.1) is 0 Å². The third-order valence-corrected chi connectivity index (χ3v) is 0.927. The molecule has 0 spiro atoms. The van der Waals surface area contributed by atoms with Gasteiger partial charge in [0.1, 0.15) is 0 Å². The van der Waals surface area contributed by atoms with Crippen LogP contribution in [0.25, 0.3) is 0 Å². The van der Waals surface area contributed by atoms with E-state index in [1.165, 1.54) is 24.5 Å². The van der Waals surface area contributed by atoms with Gasteiger partial charge in [0.2, 0.25) is 0 Å². The summed E-state index contributed by atoms with van der Waals surface area (Å²) < 4.78 is 0. The SMILES string of the molecule is Br.O=C(O)c1ccncc1. The van der Waals surface area contributed by atoms with Crippen molar-refractivity contribution in [3.05, 3.63) is 30.1 Å². The molecule has 0 unspecified atom stereocenters. The third-order valence-electron chi connectivity index (χ3n) is 0.927. The van der Waals surface area contributed by atoms with Gasteiger partial charge in [-0.2, -0.15) is 0 Å². The van der Waals surface area contributed by atoms with E-state index in [9.17, 15) is 4.79 Å². The summed E-state index contributed by atoms with van der Waals surface area (Å²) in [6.45, 7) is 0. The van der Waals surface area contributed by atoms with Crippen molar-refractivity contribution in [2.75, 3.05) is 0 Å². The van der Waals surface area contributed by atoms with Gasteiger partial charge in [-0.25, -0.2) is 4.79 Å². The number of hydrogen-bond acceptors (Lipinski definition) is 2. The van der Waals surface area contributed by atoms with Gasteiger partial charge in [-0.15, -0.1) is 17.0 Å². The lowest BCUT2D eigenvalue weighted by molar-refractivity contribution is 0.0697. The molecule has 54 valence electrons. The molecule has 10 heavy (non-hydrogen) atoms. The minimum Gasteiger partial charge on any atom is -0.478 e. The number of nitrogens with zero attached hydrogens (tertiary/aromatic N) is 1. The standard InChI is InChI=1S/C6H5NO2.BrH/c8-6(9)5-1-3-7-4-2-5;/h1-4H,(H,8,9);1H. The Morgan fingerprint density at radius 3 is 2.20 bits per heavy atom. The van der Waals surface area contributed by atoms with Crippen LogP contribution in [0.2, 0.25) is 0 Å². The Hall–Kier alpha value is -0.900. The van der Waals surface area contributed by atoms with E-state index in [4.69, 9.17) is 5.11 Å². The molecule has 0 radical (unpaired) electrons. The lowest BCUT2D eigenvalue weighted by Crippen LogP contribution is -1.94. The van der Waals surface area contributed by atoms with Crippen molar-refractivity contribution in [1.82, 2.24) is 4.98 Å². The molecule has 1 N–H and O–H groups in total. The molecule has 0 aliphatic carbocycles. The summed E-state index contributed by atoms with van der Waals surface area (Å²) in [6, 6.07) is 2.89. The number of aromatic nitrogens is 1. The number of aromatic carboxylic acids is 1. The summed E-state index contributed by atoms with van der Waals surface area (Å²) in [5, 5.41) is 8.36. The van der Waals surface area contributed by atoms with Crippen LogP contribution in [0.4, 0.5) is 0 Å². The number of carboxylic acid groups (broad SMARTS) is 1. The minimum atomic E-state index is -0.919. The van der Waals surface area contributed by atoms with Gasteiger partial charge >= 0.3 is 5.97 Å². The molecule has 1 rings (SSSR count). The van der Waals surface area contributed by atoms with E-state index < -0.39 is 5.97 Å². The summed E-state index contributed by atoms with van der Waals surface area (Å²) >= 11 is 0. The van der Waals surface area contributed by atoms with Crippen LogP contribution >= 0.6 is 17.0 Å². The quantitative estimate of drug-likeness (QED) is 0.751. The van der Waals surface area contributed by atoms with Crippen LogP contribution in [0.15, 0.2) is 24.5 Å². The molecule has 0 saturated heterocycles. The number of hydrogen-bond donors (Lipinski definition) is 1. The van der Waals surface area contributed by atoms with Gasteiger partial charge < -0.3 is 5.11 Å². The van der Waals surface area contributed by atoms with Crippen molar-refractivity contribution in [2.45, 2.75) is 0 Å². The van der Waals surface area contributed by atoms with Gasteiger partial charge in [0.05, 0.1) is 5.56 Å². The summed E-state index contributed by atoms with van der Waals surface area (Å²) in [5.74, 6) is -0.919. The molecule has 0 saturated carbocycles. The Morgan fingerprint density at radius 2 is 1.90 bits per heavy atom. The summed E-state index contributed by atoms with van der Waals surface area (Å²) in [4.78, 5) is 13.8. The average Bonchev–Trinajstić information content (AvgIpc) is 1.90. The van der Waals surface area contributed by atoms with E-state index in [-0.39, 0.29) is 22.5 Å². The number of halogens is 1. The van der Waals surface area contributed by atoms with Crippen molar-refractivity contribution >= 4 is 23.0 Å². The maximum Gasteiger partial charge on any atom is 0.335 e. The molecule has 0 aliphatic heterocycles. The van der Waals surface area contributed by atoms with Gasteiger partial charge in [0.15, 0.2) is 0 Å². The topological polar surface area (TPSA) is 50.2 Å². The van der Waals surface area contributed by atoms with Crippen LogP contribution in [-0.4, -0.2) is 16.1 Å². The summed E-state index contributed by atoms with van der Waals surface area (Å²) in [7, 11) is 0. The fourth-order valence-corrected chi connectivity index (χ4v) is 0.494. The minimum absolute atomic E-state index is 0.